The van der Waals surface area contributed by atoms with E-state index in [4.69, 9.17) is 0 Å². The molecule has 0 spiro atoms. The van der Waals surface area contributed by atoms with Crippen LogP contribution >= 0.6 is 0 Å². The van der Waals surface area contributed by atoms with Crippen molar-refractivity contribution in [2.24, 2.45) is 17.3 Å². The van der Waals surface area contributed by atoms with Gasteiger partial charge in [-0.1, -0.05) is 20.8 Å². The summed E-state index contributed by atoms with van der Waals surface area (Å²) in [6, 6.07) is 0.131. The van der Waals surface area contributed by atoms with Crippen molar-refractivity contribution in [3.63, 3.8) is 0 Å². The molecule has 3 nitrogen and oxygen atoms in total. The number of nitrogens with one attached hydrogen (secondary N) is 2. The van der Waals surface area contributed by atoms with E-state index in [2.05, 4.69) is 31.4 Å². The molecule has 1 saturated carbocycles. The molecule has 3 heteroatoms. The number of carbonyl (C=O) groups excluding carboxylic acids is 1. The highest BCUT2D eigenvalue weighted by Crippen LogP contribution is 2.39. The largest absolute Gasteiger partial charge is 0.353 e. The number of carbonyl (C=O) groups is 1. The van der Waals surface area contributed by atoms with Crippen molar-refractivity contribution in [3.05, 3.63) is 0 Å². The third-order valence-electron chi connectivity index (χ3n) is 4.61. The molecule has 1 rings (SSSR count). The van der Waals surface area contributed by atoms with Crippen molar-refractivity contribution in [1.29, 1.82) is 0 Å². The Morgan fingerprint density at radius 2 is 1.65 bits per heavy atom. The minimum atomic E-state index is -0.0854. The second kappa shape index (κ2) is 7.44. The fourth-order valence-electron chi connectivity index (χ4n) is 3.08. The number of hydrogen-bond acceptors (Lipinski definition) is 2. The summed E-state index contributed by atoms with van der Waals surface area (Å²) >= 11 is 0. The molecular weight excluding hydrogens is 248 g/mol. The summed E-state index contributed by atoms with van der Waals surface area (Å²) in [5.74, 6) is 1.71. The standard InChI is InChI=1S/C17H34N2O/c1-12(2)19-16(20)13(3)18-11-14-7-9-15(10-8-14)17(4,5)6/h12-15,18H,7-11H2,1-6H3,(H,19,20). The zero-order valence-corrected chi connectivity index (χ0v) is 14.3. The van der Waals surface area contributed by atoms with Crippen LogP contribution in [0.2, 0.25) is 0 Å². The van der Waals surface area contributed by atoms with Crippen molar-refractivity contribution >= 4 is 5.91 Å². The molecule has 118 valence electrons. The molecule has 0 bridgehead atoms. The molecule has 1 atom stereocenters. The zero-order chi connectivity index (χ0) is 15.3. The van der Waals surface area contributed by atoms with Gasteiger partial charge in [-0.25, -0.2) is 0 Å². The van der Waals surface area contributed by atoms with Gasteiger partial charge in [0.05, 0.1) is 6.04 Å². The lowest BCUT2D eigenvalue weighted by atomic mass is 9.70. The molecule has 1 fully saturated rings. The number of hydrogen-bond donors (Lipinski definition) is 2. The van der Waals surface area contributed by atoms with Crippen LogP contribution in [0, 0.1) is 17.3 Å². The first-order chi connectivity index (χ1) is 9.20. The summed E-state index contributed by atoms with van der Waals surface area (Å²) in [5.41, 5.74) is 0.447. The van der Waals surface area contributed by atoms with Crippen LogP contribution in [0.5, 0.6) is 0 Å². The van der Waals surface area contributed by atoms with Crippen LogP contribution in [0.3, 0.4) is 0 Å². The summed E-state index contributed by atoms with van der Waals surface area (Å²) in [6.45, 7) is 14.0. The van der Waals surface area contributed by atoms with Gasteiger partial charge in [0.1, 0.15) is 0 Å². The van der Waals surface area contributed by atoms with Crippen molar-refractivity contribution in [2.75, 3.05) is 6.54 Å². The second-order valence-electron chi connectivity index (χ2n) is 7.88. The van der Waals surface area contributed by atoms with E-state index in [9.17, 15) is 4.79 Å². The molecular formula is C17H34N2O. The zero-order valence-electron chi connectivity index (χ0n) is 14.3. The monoisotopic (exact) mass is 282 g/mol. The van der Waals surface area contributed by atoms with E-state index < -0.39 is 0 Å². The van der Waals surface area contributed by atoms with Crippen LogP contribution in [0.25, 0.3) is 0 Å². The van der Waals surface area contributed by atoms with Crippen LogP contribution in [-0.4, -0.2) is 24.5 Å². The van der Waals surface area contributed by atoms with Gasteiger partial charge in [-0.2, -0.15) is 0 Å². The van der Waals surface area contributed by atoms with Crippen LogP contribution in [0.1, 0.15) is 67.2 Å². The smallest absolute Gasteiger partial charge is 0.237 e. The van der Waals surface area contributed by atoms with Gasteiger partial charge in [0.2, 0.25) is 5.91 Å². The summed E-state index contributed by atoms with van der Waals surface area (Å²) in [5, 5.41) is 6.35. The Bertz CT molecular complexity index is 299. The first kappa shape index (κ1) is 17.5. The second-order valence-corrected chi connectivity index (χ2v) is 7.88. The molecule has 0 aromatic heterocycles. The molecule has 20 heavy (non-hydrogen) atoms. The highest BCUT2D eigenvalue weighted by Gasteiger charge is 2.29. The Kier molecular flexibility index (Phi) is 6.50. The van der Waals surface area contributed by atoms with E-state index in [0.717, 1.165) is 18.4 Å². The summed E-state index contributed by atoms with van der Waals surface area (Å²) in [4.78, 5) is 11.8. The maximum atomic E-state index is 11.8. The third-order valence-corrected chi connectivity index (χ3v) is 4.61. The normalized spacial score (nSPS) is 25.6. The van der Waals surface area contributed by atoms with Crippen molar-refractivity contribution in [1.82, 2.24) is 10.6 Å². The quantitative estimate of drug-likeness (QED) is 0.812. The average Bonchev–Trinajstić information content (AvgIpc) is 2.34. The van der Waals surface area contributed by atoms with Crippen LogP contribution < -0.4 is 10.6 Å². The average molecular weight is 282 g/mol. The molecule has 1 amide bonds. The molecule has 0 heterocycles. The SMILES string of the molecule is CC(C)NC(=O)C(C)NCC1CCC(C(C)(C)C)CC1. The Morgan fingerprint density at radius 1 is 1.10 bits per heavy atom. The highest BCUT2D eigenvalue weighted by molar-refractivity contribution is 5.81. The lowest BCUT2D eigenvalue weighted by Crippen LogP contribution is -2.46. The van der Waals surface area contributed by atoms with Crippen molar-refractivity contribution < 1.29 is 4.79 Å². The van der Waals surface area contributed by atoms with E-state index in [1.807, 2.05) is 20.8 Å². The molecule has 2 N–H and O–H groups in total. The topological polar surface area (TPSA) is 41.1 Å². The minimum Gasteiger partial charge on any atom is -0.353 e. The summed E-state index contributed by atoms with van der Waals surface area (Å²) < 4.78 is 0. The van der Waals surface area contributed by atoms with Gasteiger partial charge in [-0.3, -0.25) is 4.79 Å². The van der Waals surface area contributed by atoms with Crippen molar-refractivity contribution in [2.45, 2.75) is 79.3 Å². The maximum absolute atomic E-state index is 11.8. The lowest BCUT2D eigenvalue weighted by molar-refractivity contribution is -0.123. The Morgan fingerprint density at radius 3 is 2.10 bits per heavy atom. The highest BCUT2D eigenvalue weighted by atomic mass is 16.2. The predicted octanol–water partition coefficient (Wildman–Crippen LogP) is 3.34. The molecule has 0 radical (unpaired) electrons. The van der Waals surface area contributed by atoms with Gasteiger partial charge in [-0.05, 0) is 70.3 Å². The minimum absolute atomic E-state index is 0.0854. The fourth-order valence-corrected chi connectivity index (χ4v) is 3.08. The van der Waals surface area contributed by atoms with Gasteiger partial charge < -0.3 is 10.6 Å². The molecule has 0 aliphatic heterocycles. The van der Waals surface area contributed by atoms with Gasteiger partial charge in [0.25, 0.3) is 0 Å². The number of rotatable bonds is 5. The van der Waals surface area contributed by atoms with Crippen LogP contribution in [-0.2, 0) is 4.79 Å². The number of amides is 1. The van der Waals surface area contributed by atoms with E-state index >= 15 is 0 Å². The maximum Gasteiger partial charge on any atom is 0.237 e. The van der Waals surface area contributed by atoms with Crippen LogP contribution in [0.4, 0.5) is 0 Å². The van der Waals surface area contributed by atoms with E-state index in [0.29, 0.717) is 5.41 Å². The summed E-state index contributed by atoms with van der Waals surface area (Å²) in [7, 11) is 0. The Balaban J connectivity index is 2.26. The molecule has 1 aliphatic rings. The lowest BCUT2D eigenvalue weighted by Gasteiger charge is -2.37. The van der Waals surface area contributed by atoms with E-state index in [1.54, 1.807) is 0 Å². The van der Waals surface area contributed by atoms with Gasteiger partial charge >= 0.3 is 0 Å². The fraction of sp³-hybridized carbons (Fsp3) is 0.941. The van der Waals surface area contributed by atoms with Gasteiger partial charge in [-0.15, -0.1) is 0 Å². The summed E-state index contributed by atoms with van der Waals surface area (Å²) in [6.07, 6.45) is 5.27. The van der Waals surface area contributed by atoms with Gasteiger partial charge in [0.15, 0.2) is 0 Å². The molecule has 0 saturated heterocycles. The molecule has 1 unspecified atom stereocenters. The first-order valence-electron chi connectivity index (χ1n) is 8.24. The molecule has 0 aromatic rings. The van der Waals surface area contributed by atoms with E-state index in [-0.39, 0.29) is 18.0 Å². The first-order valence-corrected chi connectivity index (χ1v) is 8.24. The Labute approximate surface area is 125 Å². The molecule has 1 aliphatic carbocycles. The van der Waals surface area contributed by atoms with Crippen molar-refractivity contribution in [3.8, 4) is 0 Å². The molecule has 0 aromatic carbocycles. The Hall–Kier alpha value is -0.570. The van der Waals surface area contributed by atoms with Crippen LogP contribution in [0.15, 0.2) is 0 Å². The third kappa shape index (κ3) is 5.82. The predicted molar refractivity (Wildman–Crippen MR) is 85.6 cm³/mol. The van der Waals surface area contributed by atoms with Gasteiger partial charge in [0, 0.05) is 6.04 Å². The van der Waals surface area contributed by atoms with E-state index in [1.165, 1.54) is 25.7 Å².